The Balaban J connectivity index is 1.32. The maximum atomic E-state index is 10.6. The number of likely N-dealkylation sites (tertiary alicyclic amines) is 1. The van der Waals surface area contributed by atoms with Crippen LogP contribution in [0.15, 0.2) is 105 Å². The summed E-state index contributed by atoms with van der Waals surface area (Å²) in [5.41, 5.74) is 6.45. The van der Waals surface area contributed by atoms with Gasteiger partial charge in [0.2, 0.25) is 0 Å². The summed E-state index contributed by atoms with van der Waals surface area (Å²) in [7, 11) is 0. The number of hydrogen-bond donors (Lipinski definition) is 2. The summed E-state index contributed by atoms with van der Waals surface area (Å²) >= 11 is 7.08. The largest absolute Gasteiger partial charge is 0.506 e. The SMILES string of the molecule is CC(C)(C1=CC(CNCC2CCCN2Cc2cc(Br)cc(Br)c2O)CC(C(C)(C)c2ccccc2)=C1)c1ccccc1. The standard InChI is InChI=1S/C37H44Br2N2O/c1-36(2,28-12-7-5-8-13-28)30-18-26(19-31(21-30)37(3,4)29-14-9-6-10-15-29)23-40-24-33-16-11-17-41(33)25-27-20-32(38)22-34(39)35(27)42/h5-10,12-15,18,20-22,26,33,40,42H,11,16-17,19,23-25H2,1-4H3. The van der Waals surface area contributed by atoms with Gasteiger partial charge in [0.15, 0.2) is 0 Å². The van der Waals surface area contributed by atoms with Crippen LogP contribution in [-0.4, -0.2) is 35.7 Å². The predicted octanol–water partition coefficient (Wildman–Crippen LogP) is 9.30. The highest BCUT2D eigenvalue weighted by molar-refractivity contribution is 9.11. The van der Waals surface area contributed by atoms with Crippen LogP contribution >= 0.6 is 31.9 Å². The molecule has 3 aromatic rings. The number of rotatable bonds is 10. The van der Waals surface area contributed by atoms with E-state index in [1.165, 1.54) is 35.1 Å². The molecule has 0 radical (unpaired) electrons. The van der Waals surface area contributed by atoms with E-state index in [2.05, 4.69) is 143 Å². The zero-order valence-corrected chi connectivity index (χ0v) is 28.5. The number of phenolic OH excluding ortho intramolecular Hbond substituents is 1. The molecule has 0 spiro atoms. The summed E-state index contributed by atoms with van der Waals surface area (Å²) in [5.74, 6) is 0.768. The van der Waals surface area contributed by atoms with E-state index in [1.807, 2.05) is 12.1 Å². The van der Waals surface area contributed by atoms with Crippen molar-refractivity contribution in [2.24, 2.45) is 5.92 Å². The number of hydrogen-bond acceptors (Lipinski definition) is 3. The zero-order valence-electron chi connectivity index (χ0n) is 25.3. The third-order valence-corrected chi connectivity index (χ3v) is 10.6. The lowest BCUT2D eigenvalue weighted by molar-refractivity contribution is 0.234. The smallest absolute Gasteiger partial charge is 0.134 e. The average Bonchev–Trinajstić information content (AvgIpc) is 3.43. The van der Waals surface area contributed by atoms with Gasteiger partial charge in [-0.15, -0.1) is 0 Å². The number of nitrogens with zero attached hydrogens (tertiary/aromatic N) is 1. The Hall–Kier alpha value is -2.18. The fraction of sp³-hybridized carbons (Fsp3) is 0.405. The van der Waals surface area contributed by atoms with Gasteiger partial charge in [-0.05, 0) is 76.5 Å². The highest BCUT2D eigenvalue weighted by Crippen LogP contribution is 2.43. The van der Waals surface area contributed by atoms with Crippen LogP contribution in [-0.2, 0) is 17.4 Å². The molecule has 2 N–H and O–H groups in total. The molecular weight excluding hydrogens is 648 g/mol. The second-order valence-electron chi connectivity index (χ2n) is 13.1. The predicted molar refractivity (Wildman–Crippen MR) is 183 cm³/mol. The Labute approximate surface area is 269 Å². The zero-order chi connectivity index (χ0) is 29.9. The molecular formula is C37H44Br2N2O. The molecule has 1 fully saturated rings. The van der Waals surface area contributed by atoms with Crippen molar-refractivity contribution in [2.75, 3.05) is 19.6 Å². The highest BCUT2D eigenvalue weighted by atomic mass is 79.9. The second kappa shape index (κ2) is 13.2. The van der Waals surface area contributed by atoms with Gasteiger partial charge in [0.25, 0.3) is 0 Å². The van der Waals surface area contributed by atoms with E-state index < -0.39 is 0 Å². The highest BCUT2D eigenvalue weighted by Gasteiger charge is 2.34. The molecule has 2 aliphatic rings. The van der Waals surface area contributed by atoms with Gasteiger partial charge in [-0.2, -0.15) is 0 Å². The molecule has 1 heterocycles. The van der Waals surface area contributed by atoms with E-state index in [4.69, 9.17) is 0 Å². The van der Waals surface area contributed by atoms with Gasteiger partial charge in [-0.25, -0.2) is 0 Å². The van der Waals surface area contributed by atoms with Gasteiger partial charge < -0.3 is 10.4 Å². The lowest BCUT2D eigenvalue weighted by Crippen LogP contribution is -2.39. The first-order valence-corrected chi connectivity index (χ1v) is 16.8. The number of nitrogens with one attached hydrogen (secondary N) is 1. The molecule has 2 unspecified atom stereocenters. The van der Waals surface area contributed by atoms with Crippen molar-refractivity contribution in [3.63, 3.8) is 0 Å². The van der Waals surface area contributed by atoms with Crippen molar-refractivity contribution in [2.45, 2.75) is 70.4 Å². The summed E-state index contributed by atoms with van der Waals surface area (Å²) in [6, 6.07) is 26.3. The number of phenols is 1. The monoisotopic (exact) mass is 690 g/mol. The minimum atomic E-state index is -0.0829. The minimum absolute atomic E-state index is 0.0473. The molecule has 0 bridgehead atoms. The van der Waals surface area contributed by atoms with Crippen molar-refractivity contribution < 1.29 is 5.11 Å². The minimum Gasteiger partial charge on any atom is -0.506 e. The van der Waals surface area contributed by atoms with Crippen molar-refractivity contribution >= 4 is 31.9 Å². The molecule has 3 aromatic carbocycles. The third kappa shape index (κ3) is 6.96. The Bertz CT molecular complexity index is 1430. The number of allylic oxidation sites excluding steroid dienone is 3. The van der Waals surface area contributed by atoms with Gasteiger partial charge in [0.1, 0.15) is 5.75 Å². The molecule has 222 valence electrons. The Kier molecular flexibility index (Phi) is 9.83. The van der Waals surface area contributed by atoms with E-state index in [-0.39, 0.29) is 10.8 Å². The topological polar surface area (TPSA) is 35.5 Å². The van der Waals surface area contributed by atoms with Crippen molar-refractivity contribution in [3.8, 4) is 5.75 Å². The maximum Gasteiger partial charge on any atom is 0.134 e. The Morgan fingerprint density at radius 3 is 2.19 bits per heavy atom. The molecule has 1 saturated heterocycles. The lowest BCUT2D eigenvalue weighted by atomic mass is 9.67. The van der Waals surface area contributed by atoms with Gasteiger partial charge in [-0.1, -0.05) is 122 Å². The van der Waals surface area contributed by atoms with Crippen LogP contribution in [0.3, 0.4) is 0 Å². The van der Waals surface area contributed by atoms with E-state index >= 15 is 0 Å². The molecule has 1 aliphatic carbocycles. The number of aromatic hydroxyl groups is 1. The molecule has 5 heteroatoms. The van der Waals surface area contributed by atoms with Gasteiger partial charge >= 0.3 is 0 Å². The number of halogens is 2. The molecule has 3 nitrogen and oxygen atoms in total. The average molecular weight is 693 g/mol. The second-order valence-corrected chi connectivity index (χ2v) is 14.8. The van der Waals surface area contributed by atoms with Gasteiger partial charge in [0, 0.05) is 46.5 Å². The fourth-order valence-electron chi connectivity index (χ4n) is 6.64. The van der Waals surface area contributed by atoms with Crippen LogP contribution in [0.2, 0.25) is 0 Å². The van der Waals surface area contributed by atoms with Crippen LogP contribution < -0.4 is 5.32 Å². The van der Waals surface area contributed by atoms with Crippen molar-refractivity contribution in [3.05, 3.63) is 122 Å². The molecule has 42 heavy (non-hydrogen) atoms. The van der Waals surface area contributed by atoms with Gasteiger partial charge in [-0.3, -0.25) is 4.90 Å². The quantitative estimate of drug-likeness (QED) is 0.223. The van der Waals surface area contributed by atoms with Crippen LogP contribution in [0, 0.1) is 5.92 Å². The Morgan fingerprint density at radius 2 is 1.52 bits per heavy atom. The summed E-state index contributed by atoms with van der Waals surface area (Å²) < 4.78 is 1.72. The molecule has 2 atom stereocenters. The van der Waals surface area contributed by atoms with Crippen molar-refractivity contribution in [1.29, 1.82) is 0 Å². The van der Waals surface area contributed by atoms with Crippen molar-refractivity contribution in [1.82, 2.24) is 10.2 Å². The fourth-order valence-corrected chi connectivity index (χ4v) is 7.95. The summed E-state index contributed by atoms with van der Waals surface area (Å²) in [6.45, 7) is 13.2. The molecule has 0 saturated carbocycles. The Morgan fingerprint density at radius 1 is 0.881 bits per heavy atom. The van der Waals surface area contributed by atoms with E-state index in [9.17, 15) is 5.11 Å². The lowest BCUT2D eigenvalue weighted by Gasteiger charge is -2.38. The van der Waals surface area contributed by atoms with Gasteiger partial charge in [0.05, 0.1) is 4.47 Å². The van der Waals surface area contributed by atoms with E-state index in [0.717, 1.165) is 47.1 Å². The number of benzene rings is 3. The summed E-state index contributed by atoms with van der Waals surface area (Å²) in [4.78, 5) is 2.52. The molecule has 0 aromatic heterocycles. The first-order valence-electron chi connectivity index (χ1n) is 15.2. The third-order valence-electron chi connectivity index (χ3n) is 9.51. The molecule has 5 rings (SSSR count). The summed E-state index contributed by atoms with van der Waals surface area (Å²) in [5, 5.41) is 14.5. The van der Waals surface area contributed by atoms with E-state index in [0.29, 0.717) is 17.7 Å². The molecule has 1 aliphatic heterocycles. The normalized spacial score (nSPS) is 20.0. The van der Waals surface area contributed by atoms with Crippen LogP contribution in [0.4, 0.5) is 0 Å². The van der Waals surface area contributed by atoms with Crippen LogP contribution in [0.5, 0.6) is 5.75 Å². The van der Waals surface area contributed by atoms with E-state index in [1.54, 1.807) is 0 Å². The van der Waals surface area contributed by atoms with Crippen LogP contribution in [0.25, 0.3) is 0 Å². The summed E-state index contributed by atoms with van der Waals surface area (Å²) in [6.07, 6.45) is 8.46. The molecule has 0 amide bonds. The van der Waals surface area contributed by atoms with Crippen LogP contribution in [0.1, 0.15) is 63.6 Å². The first kappa shape index (κ1) is 31.3. The first-order chi connectivity index (χ1) is 20.1. The maximum absolute atomic E-state index is 10.6.